The first-order chi connectivity index (χ1) is 8.92. The number of hydrogen-bond acceptors (Lipinski definition) is 2. The van der Waals surface area contributed by atoms with Crippen LogP contribution in [0.4, 0.5) is 0 Å². The lowest BCUT2D eigenvalue weighted by Gasteiger charge is -2.28. The highest BCUT2D eigenvalue weighted by molar-refractivity contribution is 9.10. The minimum absolute atomic E-state index is 0.0736. The second kappa shape index (κ2) is 5.25. The van der Waals surface area contributed by atoms with Crippen LogP contribution in [0.25, 0.3) is 11.0 Å². The number of benzene rings is 1. The highest BCUT2D eigenvalue weighted by Crippen LogP contribution is 2.32. The van der Waals surface area contributed by atoms with Crippen molar-refractivity contribution in [1.82, 2.24) is 9.55 Å². The van der Waals surface area contributed by atoms with E-state index in [0.29, 0.717) is 12.6 Å². The smallest absolute Gasteiger partial charge is 0.117 e. The maximum absolute atomic E-state index is 6.01. The monoisotopic (exact) mass is 323 g/mol. The lowest BCUT2D eigenvalue weighted by atomic mass is 9.86. The molecule has 2 rings (SSSR count). The summed E-state index contributed by atoms with van der Waals surface area (Å²) in [5.74, 6) is 1.10. The van der Waals surface area contributed by atoms with Gasteiger partial charge in [0, 0.05) is 22.5 Å². The van der Waals surface area contributed by atoms with E-state index in [1.807, 2.05) is 0 Å². The fourth-order valence-corrected chi connectivity index (χ4v) is 2.76. The SMILES string of the molecule is CCC(C)(CN)c1nc2cc(Br)ccc2n1C(C)C. The van der Waals surface area contributed by atoms with Crippen molar-refractivity contribution in [2.45, 2.75) is 45.6 Å². The van der Waals surface area contributed by atoms with Gasteiger partial charge in [0.25, 0.3) is 0 Å². The highest BCUT2D eigenvalue weighted by atomic mass is 79.9. The first-order valence-corrected chi connectivity index (χ1v) is 7.60. The van der Waals surface area contributed by atoms with Crippen LogP contribution < -0.4 is 5.73 Å². The molecule has 1 unspecified atom stereocenters. The van der Waals surface area contributed by atoms with Gasteiger partial charge >= 0.3 is 0 Å². The van der Waals surface area contributed by atoms with Crippen LogP contribution in [0.2, 0.25) is 0 Å². The van der Waals surface area contributed by atoms with Crippen molar-refractivity contribution in [3.05, 3.63) is 28.5 Å². The van der Waals surface area contributed by atoms with E-state index in [9.17, 15) is 0 Å². The summed E-state index contributed by atoms with van der Waals surface area (Å²) in [6.07, 6.45) is 0.987. The van der Waals surface area contributed by atoms with Crippen molar-refractivity contribution in [1.29, 1.82) is 0 Å². The van der Waals surface area contributed by atoms with Crippen LogP contribution in [-0.2, 0) is 5.41 Å². The van der Waals surface area contributed by atoms with E-state index in [2.05, 4.69) is 66.4 Å². The van der Waals surface area contributed by atoms with Crippen LogP contribution in [0.15, 0.2) is 22.7 Å². The van der Waals surface area contributed by atoms with Crippen molar-refractivity contribution in [3.63, 3.8) is 0 Å². The van der Waals surface area contributed by atoms with Crippen molar-refractivity contribution in [2.24, 2.45) is 5.73 Å². The molecular weight excluding hydrogens is 302 g/mol. The molecule has 1 aromatic heterocycles. The minimum Gasteiger partial charge on any atom is -0.329 e. The number of imidazole rings is 1. The van der Waals surface area contributed by atoms with E-state index in [0.717, 1.165) is 22.2 Å². The van der Waals surface area contributed by atoms with Gasteiger partial charge in [-0.15, -0.1) is 0 Å². The maximum atomic E-state index is 6.01. The summed E-state index contributed by atoms with van der Waals surface area (Å²) in [5, 5.41) is 0. The zero-order valence-electron chi connectivity index (χ0n) is 12.1. The number of nitrogens with zero attached hydrogens (tertiary/aromatic N) is 2. The maximum Gasteiger partial charge on any atom is 0.117 e. The third-order valence-corrected chi connectivity index (χ3v) is 4.43. The fraction of sp³-hybridized carbons (Fsp3) is 0.533. The van der Waals surface area contributed by atoms with Crippen LogP contribution in [0.5, 0.6) is 0 Å². The second-order valence-corrected chi connectivity index (χ2v) is 6.57. The Bertz CT molecular complexity index is 582. The standard InChI is InChI=1S/C15H22BrN3/c1-5-15(4,9-17)14-18-12-8-11(16)6-7-13(12)19(14)10(2)3/h6-8,10H,5,9,17H2,1-4H3. The Kier molecular flexibility index (Phi) is 4.02. The molecule has 0 aliphatic rings. The summed E-state index contributed by atoms with van der Waals surface area (Å²) in [6, 6.07) is 6.64. The first kappa shape index (κ1) is 14.5. The van der Waals surface area contributed by atoms with Gasteiger partial charge in [0.05, 0.1) is 11.0 Å². The summed E-state index contributed by atoms with van der Waals surface area (Å²) in [7, 11) is 0. The Morgan fingerprint density at radius 1 is 1.42 bits per heavy atom. The first-order valence-electron chi connectivity index (χ1n) is 6.81. The molecule has 1 heterocycles. The number of aromatic nitrogens is 2. The average molecular weight is 324 g/mol. The van der Waals surface area contributed by atoms with Gasteiger partial charge in [0.15, 0.2) is 0 Å². The van der Waals surface area contributed by atoms with Crippen molar-refractivity contribution in [3.8, 4) is 0 Å². The van der Waals surface area contributed by atoms with Gasteiger partial charge in [-0.3, -0.25) is 0 Å². The topological polar surface area (TPSA) is 43.8 Å². The van der Waals surface area contributed by atoms with Crippen molar-refractivity contribution >= 4 is 27.0 Å². The highest BCUT2D eigenvalue weighted by Gasteiger charge is 2.30. The van der Waals surface area contributed by atoms with E-state index in [1.165, 1.54) is 5.52 Å². The molecule has 0 aliphatic heterocycles. The van der Waals surface area contributed by atoms with Crippen LogP contribution in [0, 0.1) is 0 Å². The summed E-state index contributed by atoms with van der Waals surface area (Å²) >= 11 is 3.51. The van der Waals surface area contributed by atoms with E-state index in [1.54, 1.807) is 0 Å². The molecule has 1 aromatic carbocycles. The fourth-order valence-electron chi connectivity index (χ4n) is 2.41. The molecule has 4 heteroatoms. The summed E-state index contributed by atoms with van der Waals surface area (Å²) in [6.45, 7) is 9.37. The van der Waals surface area contributed by atoms with E-state index >= 15 is 0 Å². The van der Waals surface area contributed by atoms with E-state index < -0.39 is 0 Å². The Balaban J connectivity index is 2.76. The number of fused-ring (bicyclic) bond motifs is 1. The summed E-state index contributed by atoms with van der Waals surface area (Å²) in [4.78, 5) is 4.86. The minimum atomic E-state index is -0.0736. The van der Waals surface area contributed by atoms with Crippen LogP contribution in [-0.4, -0.2) is 16.1 Å². The third-order valence-electron chi connectivity index (χ3n) is 3.94. The molecule has 0 fully saturated rings. The molecule has 19 heavy (non-hydrogen) atoms. The molecule has 0 saturated carbocycles. The molecule has 1 atom stereocenters. The molecule has 104 valence electrons. The molecule has 0 amide bonds. The van der Waals surface area contributed by atoms with Crippen molar-refractivity contribution in [2.75, 3.05) is 6.54 Å². The van der Waals surface area contributed by atoms with Crippen LogP contribution in [0.1, 0.15) is 46.0 Å². The molecular formula is C15H22BrN3. The predicted octanol–water partition coefficient (Wildman–Crippen LogP) is 4.01. The zero-order chi connectivity index (χ0) is 14.2. The van der Waals surface area contributed by atoms with Gasteiger partial charge in [-0.25, -0.2) is 4.98 Å². The van der Waals surface area contributed by atoms with Crippen LogP contribution in [0.3, 0.4) is 0 Å². The third kappa shape index (κ3) is 2.43. The summed E-state index contributed by atoms with van der Waals surface area (Å²) < 4.78 is 3.38. The van der Waals surface area contributed by atoms with Gasteiger partial charge in [-0.2, -0.15) is 0 Å². The normalized spacial score (nSPS) is 15.1. The van der Waals surface area contributed by atoms with E-state index in [4.69, 9.17) is 10.7 Å². The van der Waals surface area contributed by atoms with E-state index in [-0.39, 0.29) is 5.41 Å². The van der Waals surface area contributed by atoms with Gasteiger partial charge in [-0.1, -0.05) is 29.8 Å². The molecule has 0 spiro atoms. The Morgan fingerprint density at radius 2 is 2.11 bits per heavy atom. The molecule has 3 nitrogen and oxygen atoms in total. The largest absolute Gasteiger partial charge is 0.329 e. The number of rotatable bonds is 4. The zero-order valence-corrected chi connectivity index (χ0v) is 13.7. The Morgan fingerprint density at radius 3 is 2.63 bits per heavy atom. The van der Waals surface area contributed by atoms with Gasteiger partial charge in [0.2, 0.25) is 0 Å². The van der Waals surface area contributed by atoms with Gasteiger partial charge in [0.1, 0.15) is 5.82 Å². The molecule has 2 N–H and O–H groups in total. The average Bonchev–Trinajstić information content (AvgIpc) is 2.76. The molecule has 0 saturated heterocycles. The lowest BCUT2D eigenvalue weighted by Crippen LogP contribution is -2.34. The number of hydrogen-bond donors (Lipinski definition) is 1. The quantitative estimate of drug-likeness (QED) is 0.923. The Hall–Kier alpha value is -0.870. The van der Waals surface area contributed by atoms with Gasteiger partial charge in [-0.05, 0) is 38.5 Å². The summed E-state index contributed by atoms with van der Waals surface area (Å²) in [5.41, 5.74) is 8.15. The predicted molar refractivity (Wildman–Crippen MR) is 84.5 cm³/mol. The molecule has 0 bridgehead atoms. The molecule has 0 aliphatic carbocycles. The van der Waals surface area contributed by atoms with Gasteiger partial charge < -0.3 is 10.3 Å². The Labute approximate surface area is 123 Å². The number of halogens is 1. The van der Waals surface area contributed by atoms with Crippen molar-refractivity contribution < 1.29 is 0 Å². The molecule has 2 aromatic rings. The number of nitrogens with two attached hydrogens (primary N) is 1. The van der Waals surface area contributed by atoms with Crippen LogP contribution >= 0.6 is 15.9 Å². The molecule has 0 radical (unpaired) electrons. The lowest BCUT2D eigenvalue weighted by molar-refractivity contribution is 0.405. The second-order valence-electron chi connectivity index (χ2n) is 5.65.